The van der Waals surface area contributed by atoms with Crippen LogP contribution in [-0.4, -0.2) is 163 Å². The number of fused-ring (bicyclic) bond motifs is 3. The monoisotopic (exact) mass is 1660 g/mol. The molecule has 0 spiro atoms. The fraction of sp³-hybridized carbons (Fsp3) is 0.359. The largest absolute Gasteiger partial charge is 0.480 e. The molecule has 122 heavy (non-hydrogen) atoms. The van der Waals surface area contributed by atoms with Gasteiger partial charge >= 0.3 is 6.09 Å². The van der Waals surface area contributed by atoms with Crippen LogP contribution in [0.4, 0.5) is 39.3 Å². The highest BCUT2D eigenvalue weighted by Gasteiger charge is 2.30. The first-order valence-electron chi connectivity index (χ1n) is 41.0. The number of likely N-dealkylation sites (tertiary alicyclic amines) is 2. The third-order valence-corrected chi connectivity index (χ3v) is 23.3. The van der Waals surface area contributed by atoms with Crippen LogP contribution in [0.3, 0.4) is 0 Å². The number of aromatic nitrogens is 12. The molecule has 0 unspecified atom stereocenters. The van der Waals surface area contributed by atoms with E-state index in [1.807, 2.05) is 69.3 Å². The fourth-order valence-electron chi connectivity index (χ4n) is 15.3. The summed E-state index contributed by atoms with van der Waals surface area (Å²) in [6.07, 6.45) is 22.2. The molecule has 12 aromatic rings. The SMILES string of the molecule is C=CC#N.COc1cncc(-c2cc3cc[nH]c(=O)c3c(Nc3ccc(C4CCN(CCC#N)CC4)c(C)c3)n2)n1.COc1cncc(-c2cc3cc[nH]c(=O)c3c(Nc3ccc(C4CCNCC4)c(C)c3)n2)n1.COc1cncc(-c2cc3ccn(COCC[Si](C)(C)C)c(=O)c3c(Nc3ccc(C4CCN(C(=O)OC(C)(C)C)CC4)c(C)c3)n2)n1. The lowest BCUT2D eigenvalue weighted by Crippen LogP contribution is -2.41. The van der Waals surface area contributed by atoms with Crippen molar-refractivity contribution in [2.45, 2.75) is 142 Å². The zero-order chi connectivity index (χ0) is 86.6. The second kappa shape index (κ2) is 40.8. The van der Waals surface area contributed by atoms with Gasteiger partial charge in [0.1, 0.15) is 46.9 Å². The number of carbonyl (C=O) groups is 1. The number of benzene rings is 3. The third kappa shape index (κ3) is 22.9. The number of nitrogens with one attached hydrogen (secondary N) is 6. The Balaban J connectivity index is 0.000000166. The summed E-state index contributed by atoms with van der Waals surface area (Å²) in [7, 11) is 3.37. The van der Waals surface area contributed by atoms with Gasteiger partial charge in [-0.3, -0.25) is 33.9 Å². The molecule has 30 heteroatoms. The van der Waals surface area contributed by atoms with Gasteiger partial charge < -0.3 is 64.7 Å². The molecule has 3 aromatic carbocycles. The minimum absolute atomic E-state index is 0.169. The minimum Gasteiger partial charge on any atom is -0.480 e. The van der Waals surface area contributed by atoms with E-state index in [2.05, 4.69) is 162 Å². The maximum Gasteiger partial charge on any atom is 0.410 e. The Morgan fingerprint density at radius 2 is 0.967 bits per heavy atom. The normalized spacial score (nSPS) is 14.0. The molecule has 0 saturated carbocycles. The van der Waals surface area contributed by atoms with Crippen LogP contribution in [0, 0.1) is 43.4 Å². The molecule has 29 nitrogen and oxygen atoms in total. The van der Waals surface area contributed by atoms with Crippen molar-refractivity contribution in [2.24, 2.45) is 0 Å². The number of nitriles is 2. The first-order valence-corrected chi connectivity index (χ1v) is 44.7. The van der Waals surface area contributed by atoms with Crippen LogP contribution in [0.5, 0.6) is 17.6 Å². The number of anilines is 6. The van der Waals surface area contributed by atoms with Crippen molar-refractivity contribution in [1.29, 1.82) is 10.5 Å². The van der Waals surface area contributed by atoms with Crippen molar-refractivity contribution >= 4 is 81.0 Å². The van der Waals surface area contributed by atoms with Crippen LogP contribution in [-0.2, 0) is 16.2 Å². The van der Waals surface area contributed by atoms with Gasteiger partial charge in [-0.1, -0.05) is 44.4 Å². The van der Waals surface area contributed by atoms with Gasteiger partial charge in [-0.05, 0) is 252 Å². The van der Waals surface area contributed by atoms with Crippen LogP contribution in [0.25, 0.3) is 66.5 Å². The van der Waals surface area contributed by atoms with Crippen LogP contribution >= 0.6 is 0 Å². The van der Waals surface area contributed by atoms with Gasteiger partial charge in [0.05, 0.1) is 104 Å². The maximum atomic E-state index is 13.9. The van der Waals surface area contributed by atoms with Gasteiger partial charge in [0.15, 0.2) is 0 Å². The van der Waals surface area contributed by atoms with E-state index in [1.54, 1.807) is 73.1 Å². The predicted molar refractivity (Wildman–Crippen MR) is 480 cm³/mol. The summed E-state index contributed by atoms with van der Waals surface area (Å²) in [5, 5.41) is 33.6. The second-order valence-corrected chi connectivity index (χ2v) is 38.2. The lowest BCUT2D eigenvalue weighted by atomic mass is 9.86. The predicted octanol–water partition coefficient (Wildman–Crippen LogP) is 16.5. The van der Waals surface area contributed by atoms with E-state index in [9.17, 15) is 19.2 Å². The second-order valence-electron chi connectivity index (χ2n) is 32.6. The number of allylic oxidation sites excluding steroid dienone is 1. The molecule has 0 atom stereocenters. The Hall–Kier alpha value is -13.1. The average molecular weight is 1660 g/mol. The minimum atomic E-state index is -1.26. The quantitative estimate of drug-likeness (QED) is 0.0208. The molecule has 1 amide bonds. The summed E-state index contributed by atoms with van der Waals surface area (Å²) in [5.74, 6) is 3.94. The van der Waals surface area contributed by atoms with E-state index >= 15 is 0 Å². The van der Waals surface area contributed by atoms with E-state index in [-0.39, 0.29) is 29.5 Å². The number of methoxy groups -OCH3 is 3. The number of hydrogen-bond donors (Lipinski definition) is 6. The van der Waals surface area contributed by atoms with E-state index < -0.39 is 13.7 Å². The lowest BCUT2D eigenvalue weighted by molar-refractivity contribution is 0.0204. The molecule has 632 valence electrons. The van der Waals surface area contributed by atoms with Crippen LogP contribution in [0.2, 0.25) is 25.7 Å². The zero-order valence-electron chi connectivity index (χ0n) is 71.3. The smallest absolute Gasteiger partial charge is 0.410 e. The number of ether oxygens (including phenoxy) is 5. The van der Waals surface area contributed by atoms with E-state index in [0.717, 1.165) is 116 Å². The van der Waals surface area contributed by atoms with Gasteiger partial charge in [-0.2, -0.15) is 10.5 Å². The van der Waals surface area contributed by atoms with E-state index in [1.165, 1.54) is 53.4 Å². The maximum absolute atomic E-state index is 13.9. The molecule has 6 N–H and O–H groups in total. The number of amides is 1. The molecule has 15 rings (SSSR count). The Morgan fingerprint density at radius 1 is 0.557 bits per heavy atom. The van der Waals surface area contributed by atoms with E-state index in [4.69, 9.17) is 49.2 Å². The van der Waals surface area contributed by atoms with Crippen molar-refractivity contribution < 1.29 is 28.5 Å². The van der Waals surface area contributed by atoms with Crippen molar-refractivity contribution in [3.8, 4) is 63.9 Å². The average Bonchev–Trinajstić information content (AvgIpc) is 0.777. The summed E-state index contributed by atoms with van der Waals surface area (Å²) in [4.78, 5) is 102. The molecule has 0 bridgehead atoms. The number of carbonyl (C=O) groups excluding carboxylic acids is 1. The number of H-pyrrole nitrogens is 2. The highest BCUT2D eigenvalue weighted by Crippen LogP contribution is 2.38. The summed E-state index contributed by atoms with van der Waals surface area (Å²) in [6, 6.07) is 35.0. The third-order valence-electron chi connectivity index (χ3n) is 21.6. The molecule has 0 aliphatic carbocycles. The number of aromatic amines is 2. The highest BCUT2D eigenvalue weighted by molar-refractivity contribution is 6.76. The number of piperidine rings is 3. The lowest BCUT2D eigenvalue weighted by Gasteiger charge is -2.34. The molecular weight excluding hydrogens is 1560 g/mol. The molecule has 3 fully saturated rings. The van der Waals surface area contributed by atoms with Gasteiger partial charge in [-0.15, -0.1) is 0 Å². The van der Waals surface area contributed by atoms with Crippen molar-refractivity contribution in [3.05, 3.63) is 224 Å². The Bertz CT molecular complexity index is 5990. The number of aryl methyl sites for hydroxylation is 3. The molecule has 3 saturated heterocycles. The first-order chi connectivity index (χ1) is 58.8. The number of pyridine rings is 6. The van der Waals surface area contributed by atoms with Gasteiger partial charge in [-0.25, -0.2) is 34.7 Å². The van der Waals surface area contributed by atoms with Crippen LogP contribution in [0.15, 0.2) is 174 Å². The molecule has 3 aliphatic heterocycles. The molecule has 0 radical (unpaired) electrons. The number of hydrogen-bond acceptors (Lipinski definition) is 25. The summed E-state index contributed by atoms with van der Waals surface area (Å²) < 4.78 is 28.8. The summed E-state index contributed by atoms with van der Waals surface area (Å²) >= 11 is 0. The van der Waals surface area contributed by atoms with Crippen LogP contribution < -0.4 is 52.2 Å². The molecule has 12 heterocycles. The van der Waals surface area contributed by atoms with E-state index in [0.29, 0.717) is 129 Å². The molecular formula is C92H106N20O9Si. The van der Waals surface area contributed by atoms with Crippen molar-refractivity contribution in [1.82, 2.24) is 74.5 Å². The van der Waals surface area contributed by atoms with Crippen LogP contribution in [0.1, 0.15) is 117 Å². The summed E-state index contributed by atoms with van der Waals surface area (Å²) in [5.41, 5.74) is 12.4. The van der Waals surface area contributed by atoms with Gasteiger partial charge in [0, 0.05) is 82.5 Å². The van der Waals surface area contributed by atoms with Gasteiger partial charge in [0.25, 0.3) is 16.7 Å². The van der Waals surface area contributed by atoms with Gasteiger partial charge in [0.2, 0.25) is 17.6 Å². The number of rotatable bonds is 22. The molecule has 3 aliphatic rings. The fourth-order valence-corrected chi connectivity index (χ4v) is 16.1. The topological polar surface area (TPSA) is 369 Å². The van der Waals surface area contributed by atoms with Crippen molar-refractivity contribution in [2.75, 3.05) is 89.7 Å². The Labute approximate surface area is 710 Å². The summed E-state index contributed by atoms with van der Waals surface area (Å²) in [6.45, 7) is 29.2. The first kappa shape index (κ1) is 88.2. The Morgan fingerprint density at radius 3 is 1.36 bits per heavy atom. The standard InChI is InChI=1S/C36H48N6O5Si.C28H29N7O2.C25H26N6O2.C3H3N/c1-24-19-27(9-10-28(24)25-11-14-41(15-12-25)35(44)47-36(2,3)4)38-33-32-26(20-29(40-33)30-21-37-22-31(39-30)45-5)13-16-42(34(32)43)23-46-17-18-48(6,7)8;1-18-14-21(4-5-22(18)19-7-12-35(13-8-19)11-3-9-29)32-27-26-20(6-10-31-28(26)36)15-23(34-27)24-16-30-17-25(33-24)37-2;1-15-11-18(3-4-19(15)16-5-8-26-9-6-16)29-24-23-17(7-10-28-25(23)32)12-20(31-24)21-13-27-14-22(30-21)33-2;1-2-3-4/h9-10,13,16,19-22,25H,11-12,14-15,17-18,23H2,1-8H3,(H,38,40);4-6,10,14-17,19H,3,7-8,11-13H2,1-2H3,(H,31,36)(H,32,34);3-4,7,10-14,16,26H,5-6,8-9H2,1-2H3,(H,28,32)(H,29,31);2H,1H2. The number of nitrogens with zero attached hydrogens (tertiary/aromatic N) is 14. The highest BCUT2D eigenvalue weighted by atomic mass is 28.3. The Kier molecular flexibility index (Phi) is 29.4. The van der Waals surface area contributed by atoms with Crippen molar-refractivity contribution in [3.63, 3.8) is 0 Å². The molecule has 9 aromatic heterocycles. The zero-order valence-corrected chi connectivity index (χ0v) is 72.3.